The van der Waals surface area contributed by atoms with E-state index in [4.69, 9.17) is 5.11 Å². The maximum absolute atomic E-state index is 12.2. The summed E-state index contributed by atoms with van der Waals surface area (Å²) in [6.07, 6.45) is 3.82. The van der Waals surface area contributed by atoms with Gasteiger partial charge in [0.15, 0.2) is 0 Å². The molecule has 3 rings (SSSR count). The summed E-state index contributed by atoms with van der Waals surface area (Å²) in [5.74, 6) is -1.83. The fourth-order valence-corrected chi connectivity index (χ4v) is 2.62. The molecule has 2 heterocycles. The number of aromatic nitrogens is 2. The summed E-state index contributed by atoms with van der Waals surface area (Å²) < 4.78 is 1.88. The van der Waals surface area contributed by atoms with Gasteiger partial charge in [-0.3, -0.25) is 14.4 Å². The van der Waals surface area contributed by atoms with Gasteiger partial charge in [-0.05, 0) is 42.8 Å². The number of hydrogen-bond acceptors (Lipinski definition) is 4. The van der Waals surface area contributed by atoms with Gasteiger partial charge in [-0.15, -0.1) is 0 Å². The number of aliphatic carboxylic acids is 1. The van der Waals surface area contributed by atoms with Gasteiger partial charge in [0.25, 0.3) is 5.91 Å². The van der Waals surface area contributed by atoms with E-state index in [0.717, 1.165) is 11.2 Å². The Balaban J connectivity index is 1.61. The number of carbonyl (C=O) groups excluding carboxylic acids is 2. The number of rotatable bonds is 6. The van der Waals surface area contributed by atoms with Crippen LogP contribution >= 0.6 is 0 Å². The summed E-state index contributed by atoms with van der Waals surface area (Å²) in [7, 11) is 0. The van der Waals surface area contributed by atoms with E-state index < -0.39 is 18.4 Å². The first-order valence-corrected chi connectivity index (χ1v) is 8.25. The number of carboxylic acids is 1. The first-order chi connectivity index (χ1) is 12.9. The Morgan fingerprint density at radius 1 is 1.15 bits per heavy atom. The van der Waals surface area contributed by atoms with Crippen molar-refractivity contribution >= 4 is 29.1 Å². The smallest absolute Gasteiger partial charge is 0.322 e. The molecule has 8 nitrogen and oxygen atoms in total. The molecule has 3 N–H and O–H groups in total. The van der Waals surface area contributed by atoms with E-state index in [0.29, 0.717) is 16.9 Å². The Morgan fingerprint density at radius 3 is 2.56 bits per heavy atom. The molecular formula is C19H18N4O4. The third kappa shape index (κ3) is 4.49. The predicted molar refractivity (Wildman–Crippen MR) is 98.7 cm³/mol. The Morgan fingerprint density at radius 2 is 1.89 bits per heavy atom. The van der Waals surface area contributed by atoms with Gasteiger partial charge in [0.1, 0.15) is 12.2 Å². The van der Waals surface area contributed by atoms with Gasteiger partial charge < -0.3 is 20.1 Å². The monoisotopic (exact) mass is 366 g/mol. The average Bonchev–Trinajstić information content (AvgIpc) is 3.04. The third-order valence-corrected chi connectivity index (χ3v) is 3.90. The van der Waals surface area contributed by atoms with Gasteiger partial charge in [0.2, 0.25) is 5.91 Å². The Kier molecular flexibility index (Phi) is 5.16. The fraction of sp³-hybridized carbons (Fsp3) is 0.158. The quantitative estimate of drug-likeness (QED) is 0.614. The molecule has 8 heteroatoms. The van der Waals surface area contributed by atoms with Gasteiger partial charge in [-0.25, -0.2) is 4.98 Å². The van der Waals surface area contributed by atoms with Gasteiger partial charge in [0, 0.05) is 23.6 Å². The molecule has 0 unspecified atom stereocenters. The minimum Gasteiger partial charge on any atom is -0.480 e. The van der Waals surface area contributed by atoms with Crippen LogP contribution in [-0.2, 0) is 16.0 Å². The molecule has 0 spiro atoms. The lowest BCUT2D eigenvalue weighted by Crippen LogP contribution is -2.29. The highest BCUT2D eigenvalue weighted by Gasteiger charge is 2.10. The van der Waals surface area contributed by atoms with Crippen LogP contribution in [0.4, 0.5) is 5.69 Å². The first-order valence-electron chi connectivity index (χ1n) is 8.25. The number of nitrogens with zero attached hydrogens (tertiary/aromatic N) is 2. The molecule has 0 atom stereocenters. The molecule has 0 fully saturated rings. The molecule has 3 aromatic rings. The van der Waals surface area contributed by atoms with Crippen LogP contribution in [0.1, 0.15) is 21.6 Å². The van der Waals surface area contributed by atoms with Crippen LogP contribution in [0.3, 0.4) is 0 Å². The van der Waals surface area contributed by atoms with Crippen molar-refractivity contribution in [2.75, 3.05) is 11.9 Å². The summed E-state index contributed by atoms with van der Waals surface area (Å²) in [4.78, 5) is 38.9. The maximum Gasteiger partial charge on any atom is 0.322 e. The number of hydrogen-bond donors (Lipinski definition) is 3. The maximum atomic E-state index is 12.2. The highest BCUT2D eigenvalue weighted by molar-refractivity contribution is 5.97. The third-order valence-electron chi connectivity index (χ3n) is 3.90. The van der Waals surface area contributed by atoms with Crippen LogP contribution in [-0.4, -0.2) is 38.8 Å². The van der Waals surface area contributed by atoms with Crippen molar-refractivity contribution in [3.8, 4) is 0 Å². The standard InChI is InChI=1S/C19H18N4O4/c1-12-3-2-8-23-11-15(22-18(12)23)9-16(24)21-14-6-4-13(5-7-14)19(27)20-10-17(25)26/h2-8,11H,9-10H2,1H3,(H,20,27)(H,21,24)(H,25,26). The van der Waals surface area contributed by atoms with E-state index in [9.17, 15) is 14.4 Å². The highest BCUT2D eigenvalue weighted by Crippen LogP contribution is 2.13. The Bertz CT molecular complexity index is 1010. The second-order valence-corrected chi connectivity index (χ2v) is 6.03. The molecule has 0 bridgehead atoms. The van der Waals surface area contributed by atoms with Gasteiger partial charge in [-0.1, -0.05) is 6.07 Å². The van der Waals surface area contributed by atoms with Crippen molar-refractivity contribution in [3.63, 3.8) is 0 Å². The number of carboxylic acid groups (broad SMARTS) is 1. The molecule has 0 aliphatic carbocycles. The number of fused-ring (bicyclic) bond motifs is 1. The number of aryl methyl sites for hydroxylation is 1. The van der Waals surface area contributed by atoms with E-state index in [-0.39, 0.29) is 12.3 Å². The second kappa shape index (κ2) is 7.69. The lowest BCUT2D eigenvalue weighted by atomic mass is 10.2. The number of pyridine rings is 1. The highest BCUT2D eigenvalue weighted by atomic mass is 16.4. The average molecular weight is 366 g/mol. The molecule has 0 saturated carbocycles. The predicted octanol–water partition coefficient (Wildman–Crippen LogP) is 1.64. The van der Waals surface area contributed by atoms with Crippen molar-refractivity contribution in [3.05, 3.63) is 65.6 Å². The van der Waals surface area contributed by atoms with Crippen molar-refractivity contribution in [1.29, 1.82) is 0 Å². The molecule has 2 aromatic heterocycles. The van der Waals surface area contributed by atoms with Crippen molar-refractivity contribution in [2.24, 2.45) is 0 Å². The van der Waals surface area contributed by atoms with Crippen LogP contribution in [0.5, 0.6) is 0 Å². The molecule has 1 aromatic carbocycles. The van der Waals surface area contributed by atoms with Gasteiger partial charge >= 0.3 is 5.97 Å². The van der Waals surface area contributed by atoms with Crippen molar-refractivity contribution < 1.29 is 19.5 Å². The lowest BCUT2D eigenvalue weighted by Gasteiger charge is -2.06. The molecule has 27 heavy (non-hydrogen) atoms. The van der Waals surface area contributed by atoms with E-state index in [2.05, 4.69) is 15.6 Å². The number of benzene rings is 1. The largest absolute Gasteiger partial charge is 0.480 e. The Hall–Kier alpha value is -3.68. The van der Waals surface area contributed by atoms with Crippen LogP contribution in [0, 0.1) is 6.92 Å². The van der Waals surface area contributed by atoms with Crippen LogP contribution < -0.4 is 10.6 Å². The summed E-state index contributed by atoms with van der Waals surface area (Å²) in [6.45, 7) is 1.51. The molecule has 138 valence electrons. The SMILES string of the molecule is Cc1cccn2cc(CC(=O)Nc3ccc(C(=O)NCC(=O)O)cc3)nc12. The molecule has 0 radical (unpaired) electrons. The van der Waals surface area contributed by atoms with Crippen molar-refractivity contribution in [1.82, 2.24) is 14.7 Å². The van der Waals surface area contributed by atoms with E-state index >= 15 is 0 Å². The van der Waals surface area contributed by atoms with Crippen LogP contribution in [0.2, 0.25) is 0 Å². The number of carbonyl (C=O) groups is 3. The van der Waals surface area contributed by atoms with E-state index in [1.807, 2.05) is 35.9 Å². The van der Waals surface area contributed by atoms with Gasteiger partial charge in [-0.2, -0.15) is 0 Å². The van der Waals surface area contributed by atoms with Crippen LogP contribution in [0.15, 0.2) is 48.8 Å². The first kappa shape index (κ1) is 18.1. The minimum atomic E-state index is -1.12. The fourth-order valence-electron chi connectivity index (χ4n) is 2.62. The summed E-state index contributed by atoms with van der Waals surface area (Å²) in [6, 6.07) is 10.1. The molecule has 2 amide bonds. The number of imidazole rings is 1. The zero-order valence-corrected chi connectivity index (χ0v) is 14.6. The molecule has 0 aliphatic heterocycles. The number of nitrogens with one attached hydrogen (secondary N) is 2. The summed E-state index contributed by atoms with van der Waals surface area (Å²) in [5.41, 5.74) is 3.35. The second-order valence-electron chi connectivity index (χ2n) is 6.03. The van der Waals surface area contributed by atoms with E-state index in [1.54, 1.807) is 12.1 Å². The molecular weight excluding hydrogens is 348 g/mol. The summed E-state index contributed by atoms with van der Waals surface area (Å²) in [5, 5.41) is 13.6. The van der Waals surface area contributed by atoms with Gasteiger partial charge in [0.05, 0.1) is 12.1 Å². The zero-order valence-electron chi connectivity index (χ0n) is 14.6. The summed E-state index contributed by atoms with van der Waals surface area (Å²) >= 11 is 0. The number of anilines is 1. The zero-order chi connectivity index (χ0) is 19.4. The number of amides is 2. The van der Waals surface area contributed by atoms with Crippen LogP contribution in [0.25, 0.3) is 5.65 Å². The molecule has 0 saturated heterocycles. The normalized spacial score (nSPS) is 10.6. The van der Waals surface area contributed by atoms with E-state index in [1.165, 1.54) is 12.1 Å². The lowest BCUT2D eigenvalue weighted by molar-refractivity contribution is -0.135. The minimum absolute atomic E-state index is 0.127. The van der Waals surface area contributed by atoms with Crippen molar-refractivity contribution in [2.45, 2.75) is 13.3 Å². The topological polar surface area (TPSA) is 113 Å². The Labute approximate surface area is 154 Å². The molecule has 0 aliphatic rings.